The summed E-state index contributed by atoms with van der Waals surface area (Å²) in [6.07, 6.45) is 3.49. The molecule has 1 aliphatic heterocycles. The molecule has 3 nitrogen and oxygen atoms in total. The Balaban J connectivity index is 1.96. The van der Waals surface area contributed by atoms with Gasteiger partial charge in [-0.3, -0.25) is 0 Å². The number of hydrogen-bond donors (Lipinski definition) is 1. The largest absolute Gasteiger partial charge is 0.374 e. The second-order valence-electron chi connectivity index (χ2n) is 3.86. The molecule has 3 heteroatoms. The molecule has 0 spiro atoms. The molecule has 1 saturated heterocycles. The minimum absolute atomic E-state index is 0.310. The van der Waals surface area contributed by atoms with Gasteiger partial charge in [-0.1, -0.05) is 24.3 Å². The van der Waals surface area contributed by atoms with Gasteiger partial charge in [0.1, 0.15) is 0 Å². The van der Waals surface area contributed by atoms with Gasteiger partial charge in [-0.05, 0) is 30.4 Å². The van der Waals surface area contributed by atoms with Crippen LogP contribution in [0.15, 0.2) is 24.3 Å². The zero-order valence-electron chi connectivity index (χ0n) is 8.82. The van der Waals surface area contributed by atoms with Crippen LogP contribution in [0.25, 0.3) is 0 Å². The van der Waals surface area contributed by atoms with Crippen molar-refractivity contribution in [3.8, 4) is 0 Å². The number of hydrogen-bond acceptors (Lipinski definition) is 3. The molecule has 1 atom stereocenters. The van der Waals surface area contributed by atoms with Crippen LogP contribution in [0.5, 0.6) is 0 Å². The third kappa shape index (κ3) is 2.78. The molecular weight excluding hydrogens is 190 g/mol. The van der Waals surface area contributed by atoms with E-state index in [4.69, 9.17) is 10.6 Å². The van der Waals surface area contributed by atoms with E-state index in [1.54, 1.807) is 0 Å². The molecule has 0 saturated carbocycles. The SMILES string of the molecule is NOCCc1ccc(C2CCCO2)cc1. The van der Waals surface area contributed by atoms with Crippen LogP contribution in [0, 0.1) is 0 Å². The molecule has 15 heavy (non-hydrogen) atoms. The van der Waals surface area contributed by atoms with Crippen molar-refractivity contribution in [3.05, 3.63) is 35.4 Å². The van der Waals surface area contributed by atoms with Crippen LogP contribution in [-0.2, 0) is 16.0 Å². The molecule has 0 aromatic heterocycles. The van der Waals surface area contributed by atoms with Crippen LogP contribution in [0.2, 0.25) is 0 Å². The maximum atomic E-state index is 5.62. The van der Waals surface area contributed by atoms with Gasteiger partial charge in [0.05, 0.1) is 12.7 Å². The Morgan fingerprint density at radius 1 is 1.33 bits per heavy atom. The summed E-state index contributed by atoms with van der Waals surface area (Å²) >= 11 is 0. The van der Waals surface area contributed by atoms with E-state index in [1.165, 1.54) is 17.5 Å². The van der Waals surface area contributed by atoms with Crippen LogP contribution in [0.3, 0.4) is 0 Å². The Labute approximate surface area is 90.1 Å². The first-order chi connectivity index (χ1) is 7.40. The van der Waals surface area contributed by atoms with Crippen molar-refractivity contribution < 1.29 is 9.57 Å². The number of ether oxygens (including phenoxy) is 1. The van der Waals surface area contributed by atoms with E-state index < -0.39 is 0 Å². The molecular formula is C12H17NO2. The van der Waals surface area contributed by atoms with E-state index in [-0.39, 0.29) is 0 Å². The molecule has 1 aliphatic rings. The molecule has 2 N–H and O–H groups in total. The first-order valence-electron chi connectivity index (χ1n) is 5.42. The summed E-state index contributed by atoms with van der Waals surface area (Å²) < 4.78 is 5.62. The minimum Gasteiger partial charge on any atom is -0.374 e. The molecule has 1 heterocycles. The van der Waals surface area contributed by atoms with Crippen molar-refractivity contribution in [1.29, 1.82) is 0 Å². The lowest BCUT2D eigenvalue weighted by Gasteiger charge is -2.10. The topological polar surface area (TPSA) is 44.5 Å². The number of benzene rings is 1. The zero-order chi connectivity index (χ0) is 10.5. The molecule has 2 rings (SSSR count). The summed E-state index contributed by atoms with van der Waals surface area (Å²) in [7, 11) is 0. The molecule has 1 fully saturated rings. The molecule has 0 amide bonds. The van der Waals surface area contributed by atoms with Crippen molar-refractivity contribution in [1.82, 2.24) is 0 Å². The smallest absolute Gasteiger partial charge is 0.0825 e. The normalized spacial score (nSPS) is 20.7. The van der Waals surface area contributed by atoms with Gasteiger partial charge in [0.2, 0.25) is 0 Å². The molecule has 1 unspecified atom stereocenters. The summed E-state index contributed by atoms with van der Waals surface area (Å²) in [4.78, 5) is 4.55. The van der Waals surface area contributed by atoms with E-state index in [2.05, 4.69) is 29.1 Å². The molecule has 0 radical (unpaired) electrons. The van der Waals surface area contributed by atoms with Crippen molar-refractivity contribution in [3.63, 3.8) is 0 Å². The monoisotopic (exact) mass is 207 g/mol. The lowest BCUT2D eigenvalue weighted by molar-refractivity contribution is 0.112. The fraction of sp³-hybridized carbons (Fsp3) is 0.500. The summed E-state index contributed by atoms with van der Waals surface area (Å²) in [6, 6.07) is 8.52. The molecule has 1 aromatic rings. The van der Waals surface area contributed by atoms with E-state index in [0.29, 0.717) is 12.7 Å². The summed E-state index contributed by atoms with van der Waals surface area (Å²) in [5.74, 6) is 4.99. The summed E-state index contributed by atoms with van der Waals surface area (Å²) in [5.41, 5.74) is 2.53. The van der Waals surface area contributed by atoms with Gasteiger partial charge < -0.3 is 9.57 Å². The van der Waals surface area contributed by atoms with E-state index in [1.807, 2.05) is 0 Å². The highest BCUT2D eigenvalue weighted by molar-refractivity contribution is 5.24. The highest BCUT2D eigenvalue weighted by Gasteiger charge is 2.16. The maximum Gasteiger partial charge on any atom is 0.0825 e. The Morgan fingerprint density at radius 3 is 2.73 bits per heavy atom. The van der Waals surface area contributed by atoms with Gasteiger partial charge in [-0.25, -0.2) is 5.90 Å². The van der Waals surface area contributed by atoms with Crippen molar-refractivity contribution >= 4 is 0 Å². The predicted octanol–water partition coefficient (Wildman–Crippen LogP) is 1.97. The van der Waals surface area contributed by atoms with Gasteiger partial charge in [0, 0.05) is 6.61 Å². The first-order valence-corrected chi connectivity index (χ1v) is 5.42. The highest BCUT2D eigenvalue weighted by Crippen LogP contribution is 2.28. The van der Waals surface area contributed by atoms with E-state index >= 15 is 0 Å². The van der Waals surface area contributed by atoms with Crippen LogP contribution >= 0.6 is 0 Å². The molecule has 82 valence electrons. The van der Waals surface area contributed by atoms with Crippen molar-refractivity contribution in [2.45, 2.75) is 25.4 Å². The summed E-state index contributed by atoms with van der Waals surface area (Å²) in [5, 5.41) is 0. The predicted molar refractivity (Wildman–Crippen MR) is 58.2 cm³/mol. The second kappa shape index (κ2) is 5.26. The average molecular weight is 207 g/mol. The van der Waals surface area contributed by atoms with E-state index in [0.717, 1.165) is 19.4 Å². The van der Waals surface area contributed by atoms with Gasteiger partial charge in [-0.2, -0.15) is 0 Å². The molecule has 0 aliphatic carbocycles. The summed E-state index contributed by atoms with van der Waals surface area (Å²) in [6.45, 7) is 1.46. The van der Waals surface area contributed by atoms with Crippen molar-refractivity contribution in [2.75, 3.05) is 13.2 Å². The Hall–Kier alpha value is -0.900. The molecule has 1 aromatic carbocycles. The number of nitrogens with two attached hydrogens (primary N) is 1. The highest BCUT2D eigenvalue weighted by atomic mass is 16.6. The van der Waals surface area contributed by atoms with Gasteiger partial charge in [-0.15, -0.1) is 0 Å². The first kappa shape index (κ1) is 10.6. The Morgan fingerprint density at radius 2 is 2.13 bits per heavy atom. The third-order valence-electron chi connectivity index (χ3n) is 2.79. The zero-order valence-corrected chi connectivity index (χ0v) is 8.82. The van der Waals surface area contributed by atoms with Crippen LogP contribution in [0.4, 0.5) is 0 Å². The standard InChI is InChI=1S/C12H17NO2/c13-15-9-7-10-3-5-11(6-4-10)12-2-1-8-14-12/h3-6,12H,1-2,7-9,13H2. The minimum atomic E-state index is 0.310. The fourth-order valence-electron chi connectivity index (χ4n) is 1.92. The fourth-order valence-corrected chi connectivity index (χ4v) is 1.92. The molecule has 0 bridgehead atoms. The van der Waals surface area contributed by atoms with Crippen LogP contribution in [-0.4, -0.2) is 13.2 Å². The van der Waals surface area contributed by atoms with Gasteiger partial charge >= 0.3 is 0 Å². The van der Waals surface area contributed by atoms with Gasteiger partial charge in [0.25, 0.3) is 0 Å². The number of rotatable bonds is 4. The maximum absolute atomic E-state index is 5.62. The van der Waals surface area contributed by atoms with Gasteiger partial charge in [0.15, 0.2) is 0 Å². The Kier molecular flexibility index (Phi) is 3.72. The van der Waals surface area contributed by atoms with E-state index in [9.17, 15) is 0 Å². The lowest BCUT2D eigenvalue weighted by atomic mass is 10.0. The van der Waals surface area contributed by atoms with Crippen molar-refractivity contribution in [2.24, 2.45) is 5.90 Å². The third-order valence-corrected chi connectivity index (χ3v) is 2.79. The quantitative estimate of drug-likeness (QED) is 0.768. The Bertz CT molecular complexity index is 291. The average Bonchev–Trinajstić information content (AvgIpc) is 2.80. The van der Waals surface area contributed by atoms with Crippen LogP contribution in [0.1, 0.15) is 30.1 Å². The second-order valence-corrected chi connectivity index (χ2v) is 3.86. The lowest BCUT2D eigenvalue weighted by Crippen LogP contribution is -2.04. The van der Waals surface area contributed by atoms with Crippen LogP contribution < -0.4 is 5.90 Å².